The number of hydrogen-bond donors (Lipinski definition) is 2. The number of benzene rings is 1. The zero-order valence-electron chi connectivity index (χ0n) is 19.0. The molecule has 1 aliphatic carbocycles. The molecule has 0 spiro atoms. The minimum Gasteiger partial charge on any atom is -0.508 e. The summed E-state index contributed by atoms with van der Waals surface area (Å²) in [4.78, 5) is 29.7. The number of imidazole rings is 1. The summed E-state index contributed by atoms with van der Waals surface area (Å²) in [6, 6.07) is 8.44. The summed E-state index contributed by atoms with van der Waals surface area (Å²) in [7, 11) is 3.35. The first-order valence-corrected chi connectivity index (χ1v) is 11.2. The molecule has 0 aliphatic heterocycles. The molecule has 9 nitrogen and oxygen atoms in total. The Balaban J connectivity index is 1.34. The predicted molar refractivity (Wildman–Crippen MR) is 125 cm³/mol. The van der Waals surface area contributed by atoms with E-state index in [1.807, 2.05) is 0 Å². The summed E-state index contributed by atoms with van der Waals surface area (Å²) in [5.41, 5.74) is 2.11. The van der Waals surface area contributed by atoms with Crippen LogP contribution in [0, 0.1) is 11.8 Å². The Hall–Kier alpha value is -3.33. The Bertz CT molecular complexity index is 1180. The van der Waals surface area contributed by atoms with Gasteiger partial charge in [0.05, 0.1) is 17.6 Å². The molecular formula is C24H30N4O5. The Morgan fingerprint density at radius 1 is 1.15 bits per heavy atom. The van der Waals surface area contributed by atoms with Crippen molar-refractivity contribution in [3.05, 3.63) is 47.0 Å². The summed E-state index contributed by atoms with van der Waals surface area (Å²) < 4.78 is 13.8. The molecule has 2 N–H and O–H groups in total. The van der Waals surface area contributed by atoms with Gasteiger partial charge in [-0.05, 0) is 49.8 Å². The number of carbonyl (C=O) groups is 1. The maximum atomic E-state index is 12.8. The Labute approximate surface area is 192 Å². The van der Waals surface area contributed by atoms with Crippen molar-refractivity contribution in [2.45, 2.75) is 32.2 Å². The van der Waals surface area contributed by atoms with E-state index < -0.39 is 0 Å². The van der Waals surface area contributed by atoms with Gasteiger partial charge in [0.25, 0.3) is 0 Å². The van der Waals surface area contributed by atoms with Gasteiger partial charge in [-0.15, -0.1) is 0 Å². The zero-order valence-corrected chi connectivity index (χ0v) is 19.0. The van der Waals surface area contributed by atoms with Gasteiger partial charge in [0.2, 0.25) is 11.8 Å². The molecule has 9 heteroatoms. The maximum Gasteiger partial charge on any atom is 0.328 e. The van der Waals surface area contributed by atoms with E-state index in [0.717, 1.165) is 36.7 Å². The Morgan fingerprint density at radius 2 is 1.94 bits per heavy atom. The topological polar surface area (TPSA) is 108 Å². The number of nitrogens with one attached hydrogen (secondary N) is 1. The molecule has 1 amide bonds. The highest BCUT2D eigenvalue weighted by molar-refractivity contribution is 5.92. The number of methoxy groups -OCH3 is 1. The van der Waals surface area contributed by atoms with Crippen LogP contribution >= 0.6 is 0 Å². The highest BCUT2D eigenvalue weighted by atomic mass is 16.5. The molecule has 0 saturated heterocycles. The number of amides is 1. The number of phenols is 1. The van der Waals surface area contributed by atoms with Crippen LogP contribution in [0.25, 0.3) is 11.0 Å². The van der Waals surface area contributed by atoms with Crippen LogP contribution in [-0.4, -0.2) is 45.5 Å². The van der Waals surface area contributed by atoms with Crippen LogP contribution in [0.3, 0.4) is 0 Å². The van der Waals surface area contributed by atoms with Gasteiger partial charge >= 0.3 is 5.69 Å². The molecule has 33 heavy (non-hydrogen) atoms. The molecule has 0 bridgehead atoms. The van der Waals surface area contributed by atoms with E-state index in [2.05, 4.69) is 10.3 Å². The molecular weight excluding hydrogens is 424 g/mol. The van der Waals surface area contributed by atoms with Crippen molar-refractivity contribution >= 4 is 22.6 Å². The molecule has 1 fully saturated rings. The molecule has 1 saturated carbocycles. The number of aryl methyl sites for hydroxylation is 1. The van der Waals surface area contributed by atoms with E-state index in [4.69, 9.17) is 9.47 Å². The fourth-order valence-electron chi connectivity index (χ4n) is 4.48. The fraction of sp³-hybridized carbons (Fsp3) is 0.458. The van der Waals surface area contributed by atoms with Gasteiger partial charge in [-0.2, -0.15) is 0 Å². The number of aromatic hydroxyl groups is 1. The van der Waals surface area contributed by atoms with Gasteiger partial charge < -0.3 is 19.9 Å². The molecule has 1 aliphatic rings. The number of pyridine rings is 1. The minimum atomic E-state index is -0.0864. The van der Waals surface area contributed by atoms with Crippen LogP contribution in [0.1, 0.15) is 25.7 Å². The van der Waals surface area contributed by atoms with E-state index in [1.54, 1.807) is 59.8 Å². The highest BCUT2D eigenvalue weighted by Gasteiger charge is 2.27. The monoisotopic (exact) mass is 454 g/mol. The van der Waals surface area contributed by atoms with E-state index in [9.17, 15) is 14.7 Å². The van der Waals surface area contributed by atoms with Gasteiger partial charge in [0, 0.05) is 50.6 Å². The van der Waals surface area contributed by atoms with E-state index in [-0.39, 0.29) is 23.3 Å². The third kappa shape index (κ3) is 5.19. The van der Waals surface area contributed by atoms with E-state index in [1.165, 1.54) is 0 Å². The van der Waals surface area contributed by atoms with Crippen molar-refractivity contribution in [2.75, 3.05) is 25.6 Å². The largest absolute Gasteiger partial charge is 0.508 e. The molecule has 2 heterocycles. The van der Waals surface area contributed by atoms with E-state index in [0.29, 0.717) is 37.2 Å². The van der Waals surface area contributed by atoms with Crippen LogP contribution in [0.5, 0.6) is 11.6 Å². The summed E-state index contributed by atoms with van der Waals surface area (Å²) in [6.07, 6.45) is 4.87. The van der Waals surface area contributed by atoms with Crippen molar-refractivity contribution in [3.8, 4) is 11.6 Å². The number of anilines is 1. The molecule has 176 valence electrons. The van der Waals surface area contributed by atoms with Crippen molar-refractivity contribution in [1.82, 2.24) is 14.1 Å². The highest BCUT2D eigenvalue weighted by Crippen LogP contribution is 2.31. The second kappa shape index (κ2) is 10.1. The van der Waals surface area contributed by atoms with Gasteiger partial charge in [-0.3, -0.25) is 13.9 Å². The lowest BCUT2D eigenvalue weighted by Gasteiger charge is -2.28. The van der Waals surface area contributed by atoms with Gasteiger partial charge in [-0.1, -0.05) is 0 Å². The Kier molecular flexibility index (Phi) is 6.98. The summed E-state index contributed by atoms with van der Waals surface area (Å²) in [6.45, 7) is 1.44. The molecule has 0 atom stereocenters. The number of phenolic OH excluding ortho intramolecular Hbond substituents is 1. The average Bonchev–Trinajstić information content (AvgIpc) is 3.04. The first-order chi connectivity index (χ1) is 16.0. The summed E-state index contributed by atoms with van der Waals surface area (Å²) in [5.74, 6) is 0.822. The number of carbonyl (C=O) groups excluding carboxylic acids is 1. The van der Waals surface area contributed by atoms with Crippen LogP contribution in [0.15, 0.2) is 41.3 Å². The smallest absolute Gasteiger partial charge is 0.328 e. The number of ether oxygens (including phenoxy) is 2. The van der Waals surface area contributed by atoms with Gasteiger partial charge in [-0.25, -0.2) is 9.78 Å². The van der Waals surface area contributed by atoms with Crippen LogP contribution in [0.2, 0.25) is 0 Å². The predicted octanol–water partition coefficient (Wildman–Crippen LogP) is 2.91. The summed E-state index contributed by atoms with van der Waals surface area (Å²) in [5, 5.41) is 12.8. The second-order valence-corrected chi connectivity index (χ2v) is 8.56. The minimum absolute atomic E-state index is 0.00487. The standard InChI is InChI=1S/C24H30N4O5/c1-27-20-8-7-19(29)14-21(20)28(24(27)31)15-16-3-5-17(6-4-16)23(30)26-18-9-10-25-22(13-18)33-12-11-32-2/h7-10,13-14,16-17,29H,3-6,11-12,15H2,1-2H3,(H,25,26,30). The normalized spacial score (nSPS) is 18.4. The number of nitrogens with zero attached hydrogens (tertiary/aromatic N) is 3. The zero-order chi connectivity index (χ0) is 23.4. The van der Waals surface area contributed by atoms with Crippen molar-refractivity contribution in [3.63, 3.8) is 0 Å². The number of hydrogen-bond acceptors (Lipinski definition) is 6. The third-order valence-corrected chi connectivity index (χ3v) is 6.33. The molecule has 4 rings (SSSR count). The second-order valence-electron chi connectivity index (χ2n) is 8.56. The van der Waals surface area contributed by atoms with E-state index >= 15 is 0 Å². The Morgan fingerprint density at radius 3 is 2.70 bits per heavy atom. The lowest BCUT2D eigenvalue weighted by atomic mass is 9.81. The van der Waals surface area contributed by atoms with Gasteiger partial charge in [0.1, 0.15) is 12.4 Å². The van der Waals surface area contributed by atoms with Crippen LogP contribution in [0.4, 0.5) is 5.69 Å². The quantitative estimate of drug-likeness (QED) is 0.507. The molecule has 3 aromatic rings. The molecule has 0 unspecified atom stereocenters. The number of rotatable bonds is 8. The third-order valence-electron chi connectivity index (χ3n) is 6.33. The first kappa shape index (κ1) is 22.8. The summed E-state index contributed by atoms with van der Waals surface area (Å²) >= 11 is 0. The fourth-order valence-corrected chi connectivity index (χ4v) is 4.48. The average molecular weight is 455 g/mol. The molecule has 1 aromatic carbocycles. The molecule has 0 radical (unpaired) electrons. The number of aromatic nitrogens is 3. The van der Waals surface area contributed by atoms with Crippen LogP contribution < -0.4 is 15.7 Å². The van der Waals surface area contributed by atoms with Gasteiger partial charge in [0.15, 0.2) is 0 Å². The first-order valence-electron chi connectivity index (χ1n) is 11.2. The lowest BCUT2D eigenvalue weighted by Crippen LogP contribution is -2.30. The number of fused-ring (bicyclic) bond motifs is 1. The van der Waals surface area contributed by atoms with Crippen molar-refractivity contribution in [1.29, 1.82) is 0 Å². The van der Waals surface area contributed by atoms with Crippen LogP contribution in [-0.2, 0) is 23.1 Å². The van der Waals surface area contributed by atoms with Crippen molar-refractivity contribution in [2.24, 2.45) is 18.9 Å². The molecule has 2 aromatic heterocycles. The maximum absolute atomic E-state index is 12.8. The SMILES string of the molecule is COCCOc1cc(NC(=O)C2CCC(Cn3c(=O)n(C)c4ccc(O)cc43)CC2)ccn1. The lowest BCUT2D eigenvalue weighted by molar-refractivity contribution is -0.121. The van der Waals surface area contributed by atoms with Crippen molar-refractivity contribution < 1.29 is 19.4 Å².